The molecule has 0 aliphatic heterocycles. The minimum absolute atomic E-state index is 0.314. The van der Waals surface area contributed by atoms with Crippen molar-refractivity contribution in [1.82, 2.24) is 5.32 Å². The number of esters is 1. The Bertz CT molecular complexity index is 705. The number of carbonyl (C=O) groups excluding carboxylic acids is 2. The molecule has 0 aliphatic carbocycles. The van der Waals surface area contributed by atoms with Gasteiger partial charge >= 0.3 is 39.2 Å². The average molecular weight is 441 g/mol. The van der Waals surface area contributed by atoms with E-state index in [1.54, 1.807) is 5.32 Å². The molecule has 1 atom stereocenters. The molecule has 0 spiro atoms. The van der Waals surface area contributed by atoms with Gasteiger partial charge in [0.1, 0.15) is 0 Å². The van der Waals surface area contributed by atoms with Gasteiger partial charge in [-0.3, -0.25) is 9.35 Å². The molecule has 0 aromatic carbocycles. The van der Waals surface area contributed by atoms with E-state index in [1.165, 1.54) is 13.8 Å². The summed E-state index contributed by atoms with van der Waals surface area (Å²) in [6, 6.07) is 0. The third-order valence-electron chi connectivity index (χ3n) is 3.00. The predicted octanol–water partition coefficient (Wildman–Crippen LogP) is 2.02. The van der Waals surface area contributed by atoms with Crippen LogP contribution in [0.1, 0.15) is 27.2 Å². The zero-order chi connectivity index (χ0) is 22.6. The molecule has 0 aliphatic rings. The Morgan fingerprint density at radius 1 is 1.18 bits per heavy atom. The van der Waals surface area contributed by atoms with E-state index in [9.17, 15) is 40.0 Å². The fourth-order valence-corrected chi connectivity index (χ4v) is 1.82. The highest BCUT2D eigenvalue weighted by Gasteiger charge is 2.66. The van der Waals surface area contributed by atoms with Crippen LogP contribution in [-0.2, 0) is 29.2 Å². The van der Waals surface area contributed by atoms with E-state index in [1.807, 2.05) is 0 Å². The van der Waals surface area contributed by atoms with Gasteiger partial charge in [-0.05, 0) is 12.8 Å². The quantitative estimate of drug-likeness (QED) is 0.175. The third-order valence-corrected chi connectivity index (χ3v) is 3.96. The monoisotopic (exact) mass is 441 g/mol. The Morgan fingerprint density at radius 2 is 1.68 bits per heavy atom. The molecule has 0 radical (unpaired) electrons. The number of hydrogen-bond acceptors (Lipinski definition) is 6. The maximum atomic E-state index is 13.6. The Morgan fingerprint density at radius 3 is 2.04 bits per heavy atom. The molecular formula is C14H20F5NO7S. The topological polar surface area (TPSA) is 119 Å². The van der Waals surface area contributed by atoms with Crippen molar-refractivity contribution in [2.24, 2.45) is 5.92 Å². The normalized spacial score (nSPS) is 15.1. The Balaban J connectivity index is 5.88. The van der Waals surface area contributed by atoms with Gasteiger partial charge < -0.3 is 14.8 Å². The van der Waals surface area contributed by atoms with Crippen molar-refractivity contribution in [3.05, 3.63) is 12.2 Å². The molecule has 0 fully saturated rings. The van der Waals surface area contributed by atoms with Crippen molar-refractivity contribution < 1.29 is 54.0 Å². The zero-order valence-corrected chi connectivity index (χ0v) is 15.9. The van der Waals surface area contributed by atoms with Gasteiger partial charge in [-0.1, -0.05) is 20.4 Å². The number of alkyl halides is 5. The maximum Gasteiger partial charge on any atom is 0.466 e. The lowest BCUT2D eigenvalue weighted by Gasteiger charge is -2.33. The third kappa shape index (κ3) is 6.67. The van der Waals surface area contributed by atoms with Crippen LogP contribution in [0.25, 0.3) is 0 Å². The molecule has 0 aromatic rings. The molecule has 0 rings (SSSR count). The van der Waals surface area contributed by atoms with Crippen LogP contribution in [0.3, 0.4) is 0 Å². The molecule has 0 saturated heterocycles. The number of carbonyl (C=O) groups is 2. The summed E-state index contributed by atoms with van der Waals surface area (Å²) < 4.78 is 105. The van der Waals surface area contributed by atoms with E-state index >= 15 is 0 Å². The largest absolute Gasteiger partial charge is 0.466 e. The summed E-state index contributed by atoms with van der Waals surface area (Å²) in [6.45, 7) is 5.04. The fraction of sp³-hybridized carbons (Fsp3) is 0.714. The van der Waals surface area contributed by atoms with Gasteiger partial charge in [0, 0.05) is 12.1 Å². The van der Waals surface area contributed by atoms with Gasteiger partial charge in [-0.25, -0.2) is 4.79 Å². The molecule has 1 amide bonds. The molecule has 0 bridgehead atoms. The van der Waals surface area contributed by atoms with Crippen LogP contribution in [0, 0.1) is 5.92 Å². The van der Waals surface area contributed by atoms with Crippen LogP contribution < -0.4 is 5.32 Å². The molecule has 2 N–H and O–H groups in total. The Labute approximate surface area is 157 Å². The second-order valence-electron chi connectivity index (χ2n) is 6.10. The van der Waals surface area contributed by atoms with E-state index in [4.69, 9.17) is 4.55 Å². The van der Waals surface area contributed by atoms with Crippen LogP contribution in [0.5, 0.6) is 0 Å². The first kappa shape index (κ1) is 26.2. The molecule has 0 heterocycles. The number of hydrogen-bond donors (Lipinski definition) is 2. The van der Waals surface area contributed by atoms with Crippen molar-refractivity contribution in [3.8, 4) is 0 Å². The molecular weight excluding hydrogens is 421 g/mol. The summed E-state index contributed by atoms with van der Waals surface area (Å²) in [5, 5.41) is -3.06. The van der Waals surface area contributed by atoms with E-state index in [-0.39, 0.29) is 12.5 Å². The van der Waals surface area contributed by atoms with Gasteiger partial charge in [0.05, 0.1) is 13.0 Å². The summed E-state index contributed by atoms with van der Waals surface area (Å²) >= 11 is 0. The van der Waals surface area contributed by atoms with Crippen LogP contribution >= 0.6 is 0 Å². The number of halogens is 5. The first-order valence-electron chi connectivity index (χ1n) is 7.60. The lowest BCUT2D eigenvalue weighted by atomic mass is 10.2. The van der Waals surface area contributed by atoms with E-state index in [0.717, 1.165) is 6.92 Å². The number of amides is 1. The van der Waals surface area contributed by atoms with E-state index in [0.29, 0.717) is 0 Å². The molecule has 8 nitrogen and oxygen atoms in total. The van der Waals surface area contributed by atoms with Gasteiger partial charge in [-0.15, -0.1) is 0 Å². The smallest absolute Gasteiger partial charge is 0.412 e. The minimum atomic E-state index is -5.95. The Hall–Kier alpha value is -1.80. The second kappa shape index (κ2) is 9.13. The van der Waals surface area contributed by atoms with Gasteiger partial charge in [-0.2, -0.15) is 30.4 Å². The molecule has 14 heteroatoms. The molecule has 1 unspecified atom stereocenters. The number of nitrogens with one attached hydrogen (secondary N) is 1. The second-order valence-corrected chi connectivity index (χ2v) is 7.65. The SMILES string of the molecule is C=C(C)C(=O)OC(OCCC(F)(F)S(=O)(=O)O)(C(=O)NCC(C)C)C(F)(F)F. The molecule has 0 aromatic heterocycles. The summed E-state index contributed by atoms with van der Waals surface area (Å²) in [6.07, 6.45) is -7.68. The highest BCUT2D eigenvalue weighted by molar-refractivity contribution is 7.86. The van der Waals surface area contributed by atoms with E-state index in [2.05, 4.69) is 16.1 Å². The summed E-state index contributed by atoms with van der Waals surface area (Å²) in [4.78, 5) is 23.7. The van der Waals surface area contributed by atoms with E-state index < -0.39 is 57.8 Å². The zero-order valence-electron chi connectivity index (χ0n) is 15.1. The maximum absolute atomic E-state index is 13.6. The number of ether oxygens (including phenoxy) is 2. The highest BCUT2D eigenvalue weighted by atomic mass is 32.2. The van der Waals surface area contributed by atoms with Gasteiger partial charge in [0.15, 0.2) is 0 Å². The number of rotatable bonds is 10. The Kier molecular flexibility index (Phi) is 8.55. The first-order valence-corrected chi connectivity index (χ1v) is 9.04. The summed E-state index contributed by atoms with van der Waals surface area (Å²) in [5.74, 6) is -8.40. The van der Waals surface area contributed by atoms with Crippen molar-refractivity contribution in [2.45, 2.75) is 44.4 Å². The average Bonchev–Trinajstić information content (AvgIpc) is 2.48. The lowest BCUT2D eigenvalue weighted by molar-refractivity contribution is -0.348. The molecule has 28 heavy (non-hydrogen) atoms. The van der Waals surface area contributed by atoms with Crippen LogP contribution in [0.2, 0.25) is 0 Å². The molecule has 164 valence electrons. The van der Waals surface area contributed by atoms with Crippen molar-refractivity contribution in [3.63, 3.8) is 0 Å². The van der Waals surface area contributed by atoms with Gasteiger partial charge in [0.25, 0.3) is 0 Å². The van der Waals surface area contributed by atoms with Crippen LogP contribution in [0.15, 0.2) is 12.2 Å². The minimum Gasteiger partial charge on any atom is -0.412 e. The summed E-state index contributed by atoms with van der Waals surface area (Å²) in [7, 11) is -5.95. The lowest BCUT2D eigenvalue weighted by Crippen LogP contribution is -2.62. The van der Waals surface area contributed by atoms with Crippen LogP contribution in [0.4, 0.5) is 22.0 Å². The highest BCUT2D eigenvalue weighted by Crippen LogP contribution is 2.37. The predicted molar refractivity (Wildman–Crippen MR) is 84.6 cm³/mol. The van der Waals surface area contributed by atoms with Crippen molar-refractivity contribution in [2.75, 3.05) is 13.2 Å². The van der Waals surface area contributed by atoms with Crippen molar-refractivity contribution in [1.29, 1.82) is 0 Å². The van der Waals surface area contributed by atoms with Crippen LogP contribution in [-0.4, -0.2) is 55.2 Å². The fourth-order valence-electron chi connectivity index (χ4n) is 1.48. The first-order chi connectivity index (χ1) is 12.4. The summed E-state index contributed by atoms with van der Waals surface area (Å²) in [5.41, 5.74) is -0.558. The standard InChI is InChI=1S/C14H20F5NO7S/c1-8(2)7-20-11(22)13(14(17,18)19,27-10(21)9(3)4)26-6-5-12(15,16)28(23,24)25/h8H,3,5-7H2,1-2,4H3,(H,20,22)(H,23,24,25). The van der Waals surface area contributed by atoms with Crippen molar-refractivity contribution >= 4 is 22.0 Å². The molecule has 0 saturated carbocycles. The van der Waals surface area contributed by atoms with Gasteiger partial charge in [0.2, 0.25) is 0 Å².